The summed E-state index contributed by atoms with van der Waals surface area (Å²) in [5.41, 5.74) is 4.76. The normalized spacial score (nSPS) is 16.8. The molecule has 1 amide bonds. The average molecular weight is 198 g/mol. The Kier molecular flexibility index (Phi) is 3.76. The first-order valence-electron chi connectivity index (χ1n) is 2.32. The predicted molar refractivity (Wildman–Crippen MR) is 35.0 cm³/mol. The van der Waals surface area contributed by atoms with Crippen molar-refractivity contribution in [3.8, 4) is 0 Å². The van der Waals surface area contributed by atoms with Gasteiger partial charge in [-0.05, 0) is 0 Å². The van der Waals surface area contributed by atoms with Crippen molar-refractivity contribution in [1.29, 1.82) is 0 Å². The van der Waals surface area contributed by atoms with E-state index in [0.717, 1.165) is 0 Å². The molecule has 0 saturated carbocycles. The third kappa shape index (κ3) is 2.78. The minimum Gasteiger partial charge on any atom is -0.394 e. The zero-order valence-electron chi connectivity index (χ0n) is 4.62. The summed E-state index contributed by atoms with van der Waals surface area (Å²) >= 11 is 2.78. The number of hydrogen-bond donors (Lipinski definition) is 3. The van der Waals surface area contributed by atoms with Crippen LogP contribution in [0.25, 0.3) is 0 Å². The number of carbonyl (C=O) groups is 1. The van der Waals surface area contributed by atoms with Crippen molar-refractivity contribution >= 4 is 21.8 Å². The minimum absolute atomic E-state index is 0.473. The quantitative estimate of drug-likeness (QED) is 0.487. The molecule has 2 atom stereocenters. The number of halogens is 1. The van der Waals surface area contributed by atoms with Gasteiger partial charge < -0.3 is 15.9 Å². The number of primary amides is 1. The number of rotatable bonds is 3. The molecule has 9 heavy (non-hydrogen) atoms. The molecule has 0 aromatic carbocycles. The van der Waals surface area contributed by atoms with Crippen molar-refractivity contribution in [3.63, 3.8) is 0 Å². The first kappa shape index (κ1) is 8.87. The number of hydrogen-bond acceptors (Lipinski definition) is 3. The molecule has 0 unspecified atom stereocenters. The fourth-order valence-corrected chi connectivity index (χ4v) is 0.449. The molecule has 0 rings (SSSR count). The van der Waals surface area contributed by atoms with Crippen LogP contribution in [0.15, 0.2) is 0 Å². The van der Waals surface area contributed by atoms with Crippen LogP contribution in [0.3, 0.4) is 0 Å². The smallest absolute Gasteiger partial charge is 0.233 e. The molecule has 0 bridgehead atoms. The van der Waals surface area contributed by atoms with Gasteiger partial charge in [-0.15, -0.1) is 0 Å². The van der Waals surface area contributed by atoms with Gasteiger partial charge in [-0.1, -0.05) is 15.9 Å². The third-order valence-corrected chi connectivity index (χ3v) is 1.86. The first-order valence-corrected chi connectivity index (χ1v) is 3.23. The Balaban J connectivity index is 3.72. The highest BCUT2D eigenvalue weighted by molar-refractivity contribution is 9.10. The van der Waals surface area contributed by atoms with E-state index in [1.807, 2.05) is 0 Å². The molecule has 4 nitrogen and oxygen atoms in total. The molecule has 0 radical (unpaired) electrons. The third-order valence-electron chi connectivity index (χ3n) is 0.797. The van der Waals surface area contributed by atoms with Crippen LogP contribution >= 0.6 is 15.9 Å². The Morgan fingerprint density at radius 1 is 1.78 bits per heavy atom. The lowest BCUT2D eigenvalue weighted by Crippen LogP contribution is -2.36. The van der Waals surface area contributed by atoms with Gasteiger partial charge in [0.05, 0.1) is 12.7 Å². The van der Waals surface area contributed by atoms with E-state index in [9.17, 15) is 4.79 Å². The Labute approximate surface area is 60.8 Å². The predicted octanol–water partition coefficient (Wildman–Crippen LogP) is -1.41. The molecule has 0 fully saturated rings. The van der Waals surface area contributed by atoms with E-state index < -0.39 is 23.4 Å². The Morgan fingerprint density at radius 3 is 2.33 bits per heavy atom. The minimum atomic E-state index is -1.11. The molecule has 54 valence electrons. The lowest BCUT2D eigenvalue weighted by atomic mass is 10.2. The number of aliphatic hydroxyl groups excluding tert-OH is 2. The number of aliphatic hydroxyl groups is 2. The summed E-state index contributed by atoms with van der Waals surface area (Å²) in [7, 11) is 0. The lowest BCUT2D eigenvalue weighted by molar-refractivity contribution is -0.119. The maximum absolute atomic E-state index is 10.2. The van der Waals surface area contributed by atoms with Crippen LogP contribution in [-0.2, 0) is 4.79 Å². The van der Waals surface area contributed by atoms with Gasteiger partial charge in [-0.2, -0.15) is 0 Å². The zero-order valence-corrected chi connectivity index (χ0v) is 6.21. The monoisotopic (exact) mass is 197 g/mol. The fraction of sp³-hybridized carbons (Fsp3) is 0.750. The highest BCUT2D eigenvalue weighted by atomic mass is 79.9. The van der Waals surface area contributed by atoms with Crippen molar-refractivity contribution < 1.29 is 15.0 Å². The maximum Gasteiger partial charge on any atom is 0.233 e. The van der Waals surface area contributed by atoms with Crippen LogP contribution in [0.4, 0.5) is 0 Å². The lowest BCUT2D eigenvalue weighted by Gasteiger charge is -2.09. The summed E-state index contributed by atoms with van der Waals surface area (Å²) in [6.07, 6.45) is -1.11. The molecular weight excluding hydrogens is 190 g/mol. The molecule has 0 spiro atoms. The molecule has 0 saturated heterocycles. The molecule has 4 N–H and O–H groups in total. The summed E-state index contributed by atoms with van der Waals surface area (Å²) < 4.78 is 0. The van der Waals surface area contributed by atoms with Crippen LogP contribution in [0.1, 0.15) is 0 Å². The Bertz CT molecular complexity index is 108. The molecule has 0 aromatic rings. The van der Waals surface area contributed by atoms with Crippen LogP contribution in [0.5, 0.6) is 0 Å². The first-order chi connectivity index (χ1) is 4.09. The van der Waals surface area contributed by atoms with Crippen molar-refractivity contribution in [2.24, 2.45) is 5.73 Å². The van der Waals surface area contributed by atoms with Gasteiger partial charge in [-0.3, -0.25) is 4.79 Å². The van der Waals surface area contributed by atoms with Gasteiger partial charge in [0.1, 0.15) is 4.83 Å². The van der Waals surface area contributed by atoms with Crippen LogP contribution in [0.2, 0.25) is 0 Å². The van der Waals surface area contributed by atoms with E-state index in [-0.39, 0.29) is 0 Å². The summed E-state index contributed by atoms with van der Waals surface area (Å²) in [5.74, 6) is -0.684. The molecule has 5 heteroatoms. The maximum atomic E-state index is 10.2. The van der Waals surface area contributed by atoms with E-state index in [0.29, 0.717) is 0 Å². The SMILES string of the molecule is NC(=O)[C@H](Br)[C@H](O)CO. The van der Waals surface area contributed by atoms with E-state index in [1.165, 1.54) is 0 Å². The van der Waals surface area contributed by atoms with E-state index >= 15 is 0 Å². The summed E-state index contributed by atoms with van der Waals surface area (Å²) in [6, 6.07) is 0. The molecule has 0 aliphatic heterocycles. The van der Waals surface area contributed by atoms with E-state index in [1.54, 1.807) is 0 Å². The fourth-order valence-electron chi connectivity index (χ4n) is 0.282. The van der Waals surface area contributed by atoms with Gasteiger partial charge >= 0.3 is 0 Å². The molecule has 0 aromatic heterocycles. The van der Waals surface area contributed by atoms with Gasteiger partial charge in [0, 0.05) is 0 Å². The van der Waals surface area contributed by atoms with Gasteiger partial charge in [0.2, 0.25) is 5.91 Å². The highest BCUT2D eigenvalue weighted by Crippen LogP contribution is 2.03. The van der Waals surface area contributed by atoms with Gasteiger partial charge in [-0.25, -0.2) is 0 Å². The topological polar surface area (TPSA) is 83.6 Å². The highest BCUT2D eigenvalue weighted by Gasteiger charge is 2.19. The number of nitrogens with two attached hydrogens (primary N) is 1. The summed E-state index contributed by atoms with van der Waals surface area (Å²) in [6.45, 7) is -0.473. The molecule has 0 aliphatic rings. The standard InChI is InChI=1S/C4H8BrNO3/c5-3(4(6)9)2(8)1-7/h2-3,7-8H,1H2,(H2,6,9)/t2-,3-/m1/s1. The summed E-state index contributed by atoms with van der Waals surface area (Å²) in [5, 5.41) is 17.0. The van der Waals surface area contributed by atoms with E-state index in [4.69, 9.17) is 15.9 Å². The Morgan fingerprint density at radius 2 is 2.22 bits per heavy atom. The second kappa shape index (κ2) is 3.81. The molecule has 0 aliphatic carbocycles. The number of alkyl halides is 1. The number of amides is 1. The largest absolute Gasteiger partial charge is 0.394 e. The second-order valence-electron chi connectivity index (χ2n) is 1.55. The van der Waals surface area contributed by atoms with Crippen LogP contribution < -0.4 is 5.73 Å². The second-order valence-corrected chi connectivity index (χ2v) is 2.54. The van der Waals surface area contributed by atoms with Crippen molar-refractivity contribution in [2.45, 2.75) is 10.9 Å². The van der Waals surface area contributed by atoms with Gasteiger partial charge in [0.15, 0.2) is 0 Å². The number of carbonyl (C=O) groups excluding carboxylic acids is 1. The van der Waals surface area contributed by atoms with E-state index in [2.05, 4.69) is 15.9 Å². The Hall–Kier alpha value is -0.130. The van der Waals surface area contributed by atoms with Crippen molar-refractivity contribution in [1.82, 2.24) is 0 Å². The zero-order chi connectivity index (χ0) is 7.44. The summed E-state index contributed by atoms with van der Waals surface area (Å²) in [4.78, 5) is 9.35. The molecular formula is C4H8BrNO3. The van der Waals surface area contributed by atoms with Gasteiger partial charge in [0.25, 0.3) is 0 Å². The average Bonchev–Trinajstić information content (AvgIpc) is 1.84. The van der Waals surface area contributed by atoms with Crippen LogP contribution in [0, 0.1) is 0 Å². The van der Waals surface area contributed by atoms with Crippen molar-refractivity contribution in [3.05, 3.63) is 0 Å². The molecule has 0 heterocycles. The van der Waals surface area contributed by atoms with Crippen molar-refractivity contribution in [2.75, 3.05) is 6.61 Å². The van der Waals surface area contributed by atoms with Crippen LogP contribution in [-0.4, -0.2) is 33.7 Å².